The van der Waals surface area contributed by atoms with E-state index in [1.165, 1.54) is 6.42 Å². The summed E-state index contributed by atoms with van der Waals surface area (Å²) in [5, 5.41) is 6.21. The molecule has 1 amide bonds. The summed E-state index contributed by atoms with van der Waals surface area (Å²) in [4.78, 5) is 12.9. The fourth-order valence-corrected chi connectivity index (χ4v) is 3.87. The maximum absolute atomic E-state index is 13.2. The van der Waals surface area contributed by atoms with Crippen LogP contribution in [0.1, 0.15) is 44.1 Å². The normalized spacial score (nSPS) is 26.3. The summed E-state index contributed by atoms with van der Waals surface area (Å²) in [6, 6.07) is 10.2. The van der Waals surface area contributed by atoms with Crippen molar-refractivity contribution in [1.82, 2.24) is 10.6 Å². The van der Waals surface area contributed by atoms with Crippen molar-refractivity contribution in [3.63, 3.8) is 0 Å². The van der Waals surface area contributed by atoms with E-state index >= 15 is 0 Å². The monoisotopic (exact) mass is 340 g/mol. The highest BCUT2D eigenvalue weighted by atomic mass is 35.5. The Morgan fingerprint density at radius 1 is 1.22 bits per heavy atom. The maximum Gasteiger partial charge on any atom is 0.230 e. The second kappa shape index (κ2) is 8.11. The first kappa shape index (κ1) is 18.2. The summed E-state index contributed by atoms with van der Waals surface area (Å²) in [7, 11) is 0. The standard InChI is InChI=1S/C18H25FN2O.ClH/c19-15-11-16(20-12-15)13-21-17(22)18(9-5-2-6-10-18)14-7-3-1-4-8-14;/h1,3-4,7-8,15-16,20H,2,5-6,9-13H2,(H,21,22);1H/t15-,16-;/m0./s1. The lowest BCUT2D eigenvalue weighted by molar-refractivity contribution is -0.128. The Morgan fingerprint density at radius 3 is 2.52 bits per heavy atom. The molecular weight excluding hydrogens is 315 g/mol. The van der Waals surface area contributed by atoms with Gasteiger partial charge >= 0.3 is 0 Å². The molecule has 0 aromatic heterocycles. The maximum atomic E-state index is 13.2. The van der Waals surface area contributed by atoms with Crippen LogP contribution in [0.25, 0.3) is 0 Å². The number of hydrogen-bond acceptors (Lipinski definition) is 2. The minimum Gasteiger partial charge on any atom is -0.354 e. The van der Waals surface area contributed by atoms with E-state index in [-0.39, 0.29) is 24.4 Å². The molecule has 3 rings (SSSR count). The van der Waals surface area contributed by atoms with Gasteiger partial charge in [0.05, 0.1) is 5.41 Å². The third kappa shape index (κ3) is 4.04. The highest BCUT2D eigenvalue weighted by Crippen LogP contribution is 2.39. The van der Waals surface area contributed by atoms with Crippen molar-refractivity contribution < 1.29 is 9.18 Å². The van der Waals surface area contributed by atoms with Gasteiger partial charge in [-0.3, -0.25) is 4.79 Å². The van der Waals surface area contributed by atoms with Crippen LogP contribution in [0.3, 0.4) is 0 Å². The van der Waals surface area contributed by atoms with Crippen LogP contribution in [-0.4, -0.2) is 31.2 Å². The number of halogens is 2. The molecule has 5 heteroatoms. The zero-order chi connectivity index (χ0) is 15.4. The molecule has 2 atom stereocenters. The number of carbonyl (C=O) groups excluding carboxylic acids is 1. The molecule has 128 valence electrons. The lowest BCUT2D eigenvalue weighted by Crippen LogP contribution is -2.48. The first-order chi connectivity index (χ1) is 10.7. The average Bonchev–Trinajstić information content (AvgIpc) is 2.99. The zero-order valence-corrected chi connectivity index (χ0v) is 14.2. The second-order valence-corrected chi connectivity index (χ2v) is 6.66. The molecule has 1 aliphatic carbocycles. The van der Waals surface area contributed by atoms with Crippen molar-refractivity contribution in [3.8, 4) is 0 Å². The van der Waals surface area contributed by atoms with E-state index in [9.17, 15) is 9.18 Å². The molecule has 0 unspecified atom stereocenters. The van der Waals surface area contributed by atoms with Gasteiger partial charge in [0.1, 0.15) is 6.17 Å². The van der Waals surface area contributed by atoms with Crippen molar-refractivity contribution in [2.24, 2.45) is 0 Å². The molecule has 0 radical (unpaired) electrons. The minimum absolute atomic E-state index is 0. The predicted octanol–water partition coefficient (Wildman–Crippen LogP) is 3.13. The highest BCUT2D eigenvalue weighted by Gasteiger charge is 2.41. The molecule has 1 saturated heterocycles. The zero-order valence-electron chi connectivity index (χ0n) is 13.4. The van der Waals surface area contributed by atoms with Crippen LogP contribution >= 0.6 is 12.4 Å². The van der Waals surface area contributed by atoms with Crippen molar-refractivity contribution in [2.75, 3.05) is 13.1 Å². The molecule has 1 aliphatic heterocycles. The molecule has 0 spiro atoms. The van der Waals surface area contributed by atoms with Crippen LogP contribution in [0.15, 0.2) is 30.3 Å². The molecule has 1 aromatic carbocycles. The van der Waals surface area contributed by atoms with Crippen molar-refractivity contribution in [2.45, 2.75) is 56.2 Å². The molecule has 1 heterocycles. The number of benzene rings is 1. The van der Waals surface area contributed by atoms with E-state index in [2.05, 4.69) is 22.8 Å². The number of amides is 1. The van der Waals surface area contributed by atoms with Gasteiger partial charge in [0.2, 0.25) is 5.91 Å². The molecule has 3 nitrogen and oxygen atoms in total. The second-order valence-electron chi connectivity index (χ2n) is 6.66. The number of nitrogens with one attached hydrogen (secondary N) is 2. The van der Waals surface area contributed by atoms with E-state index in [0.29, 0.717) is 19.5 Å². The summed E-state index contributed by atoms with van der Waals surface area (Å²) in [6.07, 6.45) is 4.93. The van der Waals surface area contributed by atoms with Gasteiger partial charge in [0.15, 0.2) is 0 Å². The van der Waals surface area contributed by atoms with E-state index in [1.807, 2.05) is 18.2 Å². The van der Waals surface area contributed by atoms with Crippen molar-refractivity contribution in [3.05, 3.63) is 35.9 Å². The predicted molar refractivity (Wildman–Crippen MR) is 92.8 cm³/mol. The third-order valence-electron chi connectivity index (χ3n) is 5.15. The summed E-state index contributed by atoms with van der Waals surface area (Å²) < 4.78 is 13.2. The summed E-state index contributed by atoms with van der Waals surface area (Å²) in [6.45, 7) is 0.929. The van der Waals surface area contributed by atoms with E-state index in [1.54, 1.807) is 0 Å². The summed E-state index contributed by atoms with van der Waals surface area (Å²) in [5.74, 6) is 0.113. The Hall–Kier alpha value is -1.13. The summed E-state index contributed by atoms with van der Waals surface area (Å²) in [5.41, 5.74) is 0.725. The number of rotatable bonds is 4. The van der Waals surface area contributed by atoms with Crippen LogP contribution < -0.4 is 10.6 Å². The largest absolute Gasteiger partial charge is 0.354 e. The number of carbonyl (C=O) groups is 1. The van der Waals surface area contributed by atoms with Crippen LogP contribution in [0.4, 0.5) is 4.39 Å². The first-order valence-electron chi connectivity index (χ1n) is 8.42. The van der Waals surface area contributed by atoms with Gasteiger partial charge in [-0.2, -0.15) is 0 Å². The highest BCUT2D eigenvalue weighted by molar-refractivity contribution is 5.88. The molecule has 23 heavy (non-hydrogen) atoms. The first-order valence-corrected chi connectivity index (χ1v) is 8.42. The van der Waals surface area contributed by atoms with Crippen LogP contribution in [0.5, 0.6) is 0 Å². The minimum atomic E-state index is -0.778. The van der Waals surface area contributed by atoms with Crippen LogP contribution in [0, 0.1) is 0 Å². The van der Waals surface area contributed by atoms with Gasteiger partial charge in [-0.25, -0.2) is 4.39 Å². The quantitative estimate of drug-likeness (QED) is 0.884. The molecular formula is C18H26ClFN2O. The molecule has 1 aromatic rings. The molecule has 2 fully saturated rings. The Kier molecular flexibility index (Phi) is 6.42. The molecule has 0 bridgehead atoms. The van der Waals surface area contributed by atoms with Crippen molar-refractivity contribution >= 4 is 18.3 Å². The topological polar surface area (TPSA) is 41.1 Å². The third-order valence-corrected chi connectivity index (χ3v) is 5.15. The Bertz CT molecular complexity index is 505. The van der Waals surface area contributed by atoms with E-state index in [4.69, 9.17) is 0 Å². The lowest BCUT2D eigenvalue weighted by atomic mass is 9.68. The van der Waals surface area contributed by atoms with Gasteiger partial charge in [-0.1, -0.05) is 49.6 Å². The average molecular weight is 341 g/mol. The number of alkyl halides is 1. The van der Waals surface area contributed by atoms with E-state index in [0.717, 1.165) is 31.2 Å². The van der Waals surface area contributed by atoms with Gasteiger partial charge in [-0.05, 0) is 24.8 Å². The van der Waals surface area contributed by atoms with Gasteiger partial charge < -0.3 is 10.6 Å². The SMILES string of the molecule is Cl.O=C(NC[C@@H]1C[C@H](F)CN1)C1(c2ccccc2)CCCCC1. The Balaban J connectivity index is 0.00000192. The lowest BCUT2D eigenvalue weighted by Gasteiger charge is -2.36. The fourth-order valence-electron chi connectivity index (χ4n) is 3.87. The van der Waals surface area contributed by atoms with Gasteiger partial charge in [0.25, 0.3) is 0 Å². The Morgan fingerprint density at radius 2 is 1.91 bits per heavy atom. The van der Waals surface area contributed by atoms with Gasteiger partial charge in [0, 0.05) is 19.1 Å². The Labute approximate surface area is 143 Å². The summed E-state index contributed by atoms with van der Waals surface area (Å²) >= 11 is 0. The molecule has 2 aliphatic rings. The smallest absolute Gasteiger partial charge is 0.230 e. The van der Waals surface area contributed by atoms with Crippen molar-refractivity contribution in [1.29, 1.82) is 0 Å². The van der Waals surface area contributed by atoms with Gasteiger partial charge in [-0.15, -0.1) is 12.4 Å². The fraction of sp³-hybridized carbons (Fsp3) is 0.611. The van der Waals surface area contributed by atoms with E-state index < -0.39 is 11.6 Å². The van der Waals surface area contributed by atoms with Crippen LogP contribution in [0.2, 0.25) is 0 Å². The number of hydrogen-bond donors (Lipinski definition) is 2. The molecule has 1 saturated carbocycles. The van der Waals surface area contributed by atoms with Crippen LogP contribution in [-0.2, 0) is 10.2 Å². The molecule has 2 N–H and O–H groups in total.